The lowest BCUT2D eigenvalue weighted by molar-refractivity contribution is 0.0652. The average Bonchev–Trinajstić information content (AvgIpc) is 3.91. The highest BCUT2D eigenvalue weighted by Gasteiger charge is 2.47. The summed E-state index contributed by atoms with van der Waals surface area (Å²) < 4.78 is 13.2. The minimum Gasteiger partial charge on any atom is -0.487 e. The standard InChI is InChI=1S/C43H28N2O6S2/c46-37-24-8-2-3-9-25(24)38(47)35(37)44-33-18-31-41(52-33)28-15-22-17-30-29(16-21(22)14-23(28)20-50-31)42-32(51-43(30)12-6-1-7-13-43)19-34(53-42)45-36-39(48)26-10-4-5-11-27(26)40(36)49/h2-5,8-11,14-19,21-22H,1,6-7,12-13,20H2. The predicted octanol–water partition coefficient (Wildman–Crippen LogP) is 6.84. The molecule has 0 amide bonds. The summed E-state index contributed by atoms with van der Waals surface area (Å²) in [5, 5.41) is 2.61. The van der Waals surface area contributed by atoms with Crippen molar-refractivity contribution in [3.63, 3.8) is 0 Å². The van der Waals surface area contributed by atoms with E-state index in [0.717, 1.165) is 64.3 Å². The molecule has 0 bridgehead atoms. The van der Waals surface area contributed by atoms with E-state index >= 15 is 0 Å². The minimum atomic E-state index is -0.462. The van der Waals surface area contributed by atoms with Crippen molar-refractivity contribution >= 4 is 65.4 Å². The van der Waals surface area contributed by atoms with E-state index in [1.165, 1.54) is 28.2 Å². The normalized spacial score (nSPS) is 20.8. The highest BCUT2D eigenvalue weighted by molar-refractivity contribution is 7.17. The van der Waals surface area contributed by atoms with Crippen LogP contribution >= 0.6 is 22.7 Å². The van der Waals surface area contributed by atoms with E-state index in [1.54, 1.807) is 48.5 Å². The maximum atomic E-state index is 13.2. The molecule has 258 valence electrons. The Morgan fingerprint density at radius 3 is 1.70 bits per heavy atom. The first-order valence-electron chi connectivity index (χ1n) is 17.9. The van der Waals surface area contributed by atoms with Gasteiger partial charge in [-0.25, -0.2) is 9.98 Å². The van der Waals surface area contributed by atoms with Gasteiger partial charge in [-0.15, -0.1) is 22.7 Å². The van der Waals surface area contributed by atoms with Crippen molar-refractivity contribution in [2.45, 2.75) is 37.7 Å². The lowest BCUT2D eigenvalue weighted by Gasteiger charge is -2.46. The Balaban J connectivity index is 1.00. The van der Waals surface area contributed by atoms with Crippen molar-refractivity contribution in [3.05, 3.63) is 157 Å². The van der Waals surface area contributed by atoms with Gasteiger partial charge in [0.2, 0.25) is 21.7 Å². The van der Waals surface area contributed by atoms with Gasteiger partial charge in [-0.3, -0.25) is 19.2 Å². The predicted molar refractivity (Wildman–Crippen MR) is 208 cm³/mol. The average molecular weight is 733 g/mol. The number of fused-ring (bicyclic) bond motifs is 10. The van der Waals surface area contributed by atoms with Gasteiger partial charge in [0.1, 0.15) is 33.7 Å². The Hall–Kier alpha value is -5.58. The molecule has 10 heteroatoms. The fourth-order valence-corrected chi connectivity index (χ4v) is 10.9. The number of benzene rings is 2. The molecule has 5 aliphatic rings. The van der Waals surface area contributed by atoms with E-state index in [2.05, 4.69) is 34.3 Å². The van der Waals surface area contributed by atoms with Crippen molar-refractivity contribution < 1.29 is 9.47 Å². The molecule has 2 atom stereocenters. The third kappa shape index (κ3) is 4.52. The molecular weight excluding hydrogens is 705 g/mol. The zero-order valence-electron chi connectivity index (χ0n) is 28.1. The Morgan fingerprint density at radius 2 is 1.11 bits per heavy atom. The van der Waals surface area contributed by atoms with E-state index in [4.69, 9.17) is 9.47 Å². The van der Waals surface area contributed by atoms with Gasteiger partial charge in [0.05, 0.1) is 9.75 Å². The number of hydrogen-bond acceptors (Lipinski definition) is 10. The molecule has 1 fully saturated rings. The van der Waals surface area contributed by atoms with Gasteiger partial charge in [0, 0.05) is 51.1 Å². The van der Waals surface area contributed by atoms with E-state index in [-0.39, 0.29) is 44.3 Å². The second-order valence-corrected chi connectivity index (χ2v) is 16.5. The maximum Gasteiger partial charge on any atom is 0.216 e. The molecule has 4 aromatic carbocycles. The Morgan fingerprint density at radius 1 is 0.604 bits per heavy atom. The van der Waals surface area contributed by atoms with E-state index in [1.807, 2.05) is 12.1 Å². The monoisotopic (exact) mass is 732 g/mol. The number of thiophene rings is 2. The Kier molecular flexibility index (Phi) is 6.56. The van der Waals surface area contributed by atoms with Gasteiger partial charge >= 0.3 is 0 Å². The van der Waals surface area contributed by atoms with Crippen molar-refractivity contribution in [3.8, 4) is 11.5 Å². The molecule has 2 aromatic heterocycles. The van der Waals surface area contributed by atoms with Gasteiger partial charge in [-0.05, 0) is 42.4 Å². The fraction of sp³-hybridized carbons (Fsp3) is 0.209. The van der Waals surface area contributed by atoms with E-state index in [9.17, 15) is 19.2 Å². The number of allylic oxidation sites excluding steroid dienone is 4. The van der Waals surface area contributed by atoms with Crippen molar-refractivity contribution in [2.75, 3.05) is 6.61 Å². The summed E-state index contributed by atoms with van der Waals surface area (Å²) in [6.45, 7) is 0.404. The Bertz CT molecular complexity index is 2980. The van der Waals surface area contributed by atoms with Crippen LogP contribution in [0.4, 0.5) is 10.0 Å². The molecule has 11 rings (SSSR count). The first kappa shape index (κ1) is 31.0. The molecule has 1 saturated carbocycles. The first-order valence-corrected chi connectivity index (χ1v) is 19.5. The van der Waals surface area contributed by atoms with Gasteiger partial charge in [-0.2, -0.15) is 0 Å². The quantitative estimate of drug-likeness (QED) is 0.193. The lowest BCUT2D eigenvalue weighted by Crippen LogP contribution is -2.44. The highest BCUT2D eigenvalue weighted by atomic mass is 32.1. The highest BCUT2D eigenvalue weighted by Crippen LogP contribution is 2.58. The molecule has 4 heterocycles. The van der Waals surface area contributed by atoms with Crippen LogP contribution in [0.1, 0.15) is 41.9 Å². The first-order chi connectivity index (χ1) is 25.8. The van der Waals surface area contributed by atoms with Crippen LogP contribution in [0, 0.1) is 11.8 Å². The fourth-order valence-electron chi connectivity index (χ4n) is 8.88. The second kappa shape index (κ2) is 11.2. The molecule has 0 N–H and O–H groups in total. The van der Waals surface area contributed by atoms with Gasteiger partial charge in [0.15, 0.2) is 10.7 Å². The molecule has 1 spiro atoms. The van der Waals surface area contributed by atoms with Crippen LogP contribution in [0.25, 0.3) is 32.7 Å². The van der Waals surface area contributed by atoms with Gasteiger partial charge < -0.3 is 9.47 Å². The molecule has 2 unspecified atom stereocenters. The number of hydrogen-bond donors (Lipinski definition) is 0. The number of ether oxygens (including phenoxy) is 2. The second-order valence-electron chi connectivity index (χ2n) is 14.4. The lowest BCUT2D eigenvalue weighted by atomic mass is 9.68. The van der Waals surface area contributed by atoms with Gasteiger partial charge in [-0.1, -0.05) is 79.3 Å². The zero-order valence-corrected chi connectivity index (χ0v) is 29.8. The molecule has 6 aromatic rings. The third-order valence-corrected chi connectivity index (χ3v) is 13.5. The molecule has 8 nitrogen and oxygen atoms in total. The molecule has 53 heavy (non-hydrogen) atoms. The van der Waals surface area contributed by atoms with Crippen LogP contribution in [-0.4, -0.2) is 12.2 Å². The largest absolute Gasteiger partial charge is 0.487 e. The summed E-state index contributed by atoms with van der Waals surface area (Å²) in [5.74, 6) is 1.63. The summed E-state index contributed by atoms with van der Waals surface area (Å²) in [6.07, 6.45) is 14.5. The maximum absolute atomic E-state index is 13.2. The third-order valence-electron chi connectivity index (χ3n) is 11.4. The van der Waals surface area contributed by atoms with Crippen LogP contribution in [0.15, 0.2) is 125 Å². The summed E-state index contributed by atoms with van der Waals surface area (Å²) in [4.78, 5) is 63.6. The molecular formula is C43H28N2O6S2. The molecule has 3 aliphatic carbocycles. The summed E-state index contributed by atoms with van der Waals surface area (Å²) in [7, 11) is 0. The number of rotatable bonds is 2. The molecule has 2 aliphatic heterocycles. The summed E-state index contributed by atoms with van der Waals surface area (Å²) in [5.41, 5.74) is 2.69. The van der Waals surface area contributed by atoms with Crippen molar-refractivity contribution in [1.29, 1.82) is 0 Å². The van der Waals surface area contributed by atoms with Crippen LogP contribution in [0.3, 0.4) is 0 Å². The van der Waals surface area contributed by atoms with E-state index in [0.29, 0.717) is 43.9 Å². The van der Waals surface area contributed by atoms with Crippen LogP contribution in [0.2, 0.25) is 0 Å². The molecule has 0 saturated heterocycles. The van der Waals surface area contributed by atoms with Crippen molar-refractivity contribution in [1.82, 2.24) is 0 Å². The summed E-state index contributed by atoms with van der Waals surface area (Å²) in [6, 6.07) is 17.4. The van der Waals surface area contributed by atoms with Crippen molar-refractivity contribution in [2.24, 2.45) is 21.8 Å². The van der Waals surface area contributed by atoms with E-state index < -0.39 is 5.60 Å². The smallest absolute Gasteiger partial charge is 0.216 e. The zero-order chi connectivity index (χ0) is 35.6. The SMILES string of the molecule is O=c1c(=Nc2cc3c(s2)C2=CC4C=C5C(=CC4C=C2CO3)c2sc(N=c3c(=O)c4ccccc4c3=O)cc2OC52CCCCC2)c(=O)c2ccccc12. The minimum absolute atomic E-state index is 0.0494. The van der Waals surface area contributed by atoms with Gasteiger partial charge in [0.25, 0.3) is 0 Å². The molecule has 0 radical (unpaired) electrons. The van der Waals surface area contributed by atoms with Crippen LogP contribution < -0.4 is 41.9 Å². The summed E-state index contributed by atoms with van der Waals surface area (Å²) >= 11 is 2.89. The topological polar surface area (TPSA) is 111 Å². The number of nitrogens with zero attached hydrogens (tertiary/aromatic N) is 2. The van der Waals surface area contributed by atoms with Crippen LogP contribution in [0.5, 0.6) is 11.5 Å². The van der Waals surface area contributed by atoms with Crippen LogP contribution in [-0.2, 0) is 0 Å². The Labute approximate surface area is 308 Å².